The summed E-state index contributed by atoms with van der Waals surface area (Å²) in [6, 6.07) is 5.50. The average Bonchev–Trinajstić information content (AvgIpc) is 2.64. The number of non-ortho nitro benzene ring substituents is 1. The van der Waals surface area contributed by atoms with Crippen molar-refractivity contribution in [1.29, 1.82) is 0 Å². The van der Waals surface area contributed by atoms with E-state index in [0.717, 1.165) is 29.8 Å². The molecule has 3 rings (SSSR count). The normalized spacial score (nSPS) is 15.1. The van der Waals surface area contributed by atoms with Crippen LogP contribution in [0.5, 0.6) is 0 Å². The lowest BCUT2D eigenvalue weighted by Crippen LogP contribution is -2.46. The Morgan fingerprint density at radius 1 is 1.15 bits per heavy atom. The maximum absolute atomic E-state index is 14.2. The molecule has 1 fully saturated rings. The molecule has 0 unspecified atom stereocenters. The zero-order valence-electron chi connectivity index (χ0n) is 14.8. The smallest absolute Gasteiger partial charge is 0.275 e. The van der Waals surface area contributed by atoms with Gasteiger partial charge >= 0.3 is 0 Å². The second kappa shape index (κ2) is 8.36. The Balaban J connectivity index is 1.61. The molecule has 0 aliphatic carbocycles. The Morgan fingerprint density at radius 3 is 2.33 bits per heavy atom. The first kappa shape index (κ1) is 19.1. The molecular formula is C18H21F2N5O2. The number of benzene rings is 1. The minimum Gasteiger partial charge on any atom is -0.364 e. The first-order valence-corrected chi connectivity index (χ1v) is 8.72. The van der Waals surface area contributed by atoms with Crippen LogP contribution in [0.4, 0.5) is 20.2 Å². The predicted molar refractivity (Wildman–Crippen MR) is 97.5 cm³/mol. The number of pyridine rings is 1. The number of nitrogens with two attached hydrogens (primary N) is 1. The van der Waals surface area contributed by atoms with Crippen LogP contribution in [0.15, 0.2) is 30.5 Å². The SMILES string of the molecule is NCCc1ccc(CN2CCN(c3c(F)cc([N+](=O)[O-])cc3F)CC2)cn1. The summed E-state index contributed by atoms with van der Waals surface area (Å²) in [4.78, 5) is 18.0. The molecule has 9 heteroatoms. The molecule has 2 N–H and O–H groups in total. The molecule has 2 aromatic rings. The average molecular weight is 377 g/mol. The van der Waals surface area contributed by atoms with Crippen molar-refractivity contribution in [1.82, 2.24) is 9.88 Å². The largest absolute Gasteiger partial charge is 0.364 e. The van der Waals surface area contributed by atoms with E-state index in [9.17, 15) is 18.9 Å². The molecule has 144 valence electrons. The lowest BCUT2D eigenvalue weighted by atomic mass is 10.2. The summed E-state index contributed by atoms with van der Waals surface area (Å²) < 4.78 is 28.4. The van der Waals surface area contributed by atoms with E-state index >= 15 is 0 Å². The van der Waals surface area contributed by atoms with Crippen LogP contribution in [-0.4, -0.2) is 47.5 Å². The number of nitro groups is 1. The minimum absolute atomic E-state index is 0.201. The molecule has 1 aromatic heterocycles. The van der Waals surface area contributed by atoms with Crippen molar-refractivity contribution < 1.29 is 13.7 Å². The standard InChI is InChI=1S/C18H21F2N5O2/c19-16-9-15(25(26)27)10-17(20)18(16)24-7-5-23(6-8-24)12-13-1-2-14(3-4-21)22-11-13/h1-2,9-11H,3-8,12,21H2. The van der Waals surface area contributed by atoms with Crippen molar-refractivity contribution in [3.05, 3.63) is 63.5 Å². The van der Waals surface area contributed by atoms with E-state index in [4.69, 9.17) is 5.73 Å². The van der Waals surface area contributed by atoms with Crippen LogP contribution in [0.2, 0.25) is 0 Å². The Hall–Kier alpha value is -2.65. The Morgan fingerprint density at radius 2 is 1.81 bits per heavy atom. The van der Waals surface area contributed by atoms with Gasteiger partial charge in [0.15, 0.2) is 11.6 Å². The molecule has 0 bridgehead atoms. The minimum atomic E-state index is -0.908. The summed E-state index contributed by atoms with van der Waals surface area (Å²) in [5, 5.41) is 10.7. The van der Waals surface area contributed by atoms with E-state index < -0.39 is 22.2 Å². The summed E-state index contributed by atoms with van der Waals surface area (Å²) in [6.45, 7) is 3.38. The molecular weight excluding hydrogens is 356 g/mol. The van der Waals surface area contributed by atoms with Gasteiger partial charge in [-0.05, 0) is 18.2 Å². The Bertz CT molecular complexity index is 785. The van der Waals surface area contributed by atoms with Gasteiger partial charge in [0.2, 0.25) is 0 Å². The van der Waals surface area contributed by atoms with Gasteiger partial charge in [0, 0.05) is 51.0 Å². The fourth-order valence-electron chi connectivity index (χ4n) is 3.19. The van der Waals surface area contributed by atoms with Gasteiger partial charge in [0.25, 0.3) is 5.69 Å². The monoisotopic (exact) mass is 377 g/mol. The summed E-state index contributed by atoms with van der Waals surface area (Å²) in [6.07, 6.45) is 2.57. The Kier molecular flexibility index (Phi) is 5.92. The summed E-state index contributed by atoms with van der Waals surface area (Å²) in [7, 11) is 0. The van der Waals surface area contributed by atoms with E-state index in [1.807, 2.05) is 18.3 Å². The molecule has 0 radical (unpaired) electrons. The summed E-state index contributed by atoms with van der Waals surface area (Å²) >= 11 is 0. The van der Waals surface area contributed by atoms with E-state index in [1.165, 1.54) is 0 Å². The number of nitrogens with zero attached hydrogens (tertiary/aromatic N) is 4. The zero-order valence-corrected chi connectivity index (χ0v) is 14.8. The molecule has 1 aliphatic heterocycles. The van der Waals surface area contributed by atoms with Gasteiger partial charge in [-0.1, -0.05) is 6.07 Å². The van der Waals surface area contributed by atoms with Gasteiger partial charge < -0.3 is 10.6 Å². The van der Waals surface area contributed by atoms with E-state index in [-0.39, 0.29) is 5.69 Å². The number of hydrogen-bond acceptors (Lipinski definition) is 6. The summed E-state index contributed by atoms with van der Waals surface area (Å²) in [5.41, 5.74) is 6.75. The van der Waals surface area contributed by atoms with E-state index in [2.05, 4.69) is 9.88 Å². The number of halogens is 2. The van der Waals surface area contributed by atoms with Crippen LogP contribution in [0, 0.1) is 21.7 Å². The van der Waals surface area contributed by atoms with Crippen LogP contribution in [0.1, 0.15) is 11.3 Å². The molecule has 0 spiro atoms. The van der Waals surface area contributed by atoms with Gasteiger partial charge in [-0.25, -0.2) is 8.78 Å². The first-order chi connectivity index (χ1) is 13.0. The van der Waals surface area contributed by atoms with Gasteiger partial charge in [0.05, 0.1) is 17.1 Å². The van der Waals surface area contributed by atoms with Crippen molar-refractivity contribution in [2.24, 2.45) is 5.73 Å². The molecule has 1 aromatic carbocycles. The van der Waals surface area contributed by atoms with Crippen molar-refractivity contribution in [2.75, 3.05) is 37.6 Å². The summed E-state index contributed by atoms with van der Waals surface area (Å²) in [5.74, 6) is -1.82. The third-order valence-corrected chi connectivity index (χ3v) is 4.59. The van der Waals surface area contributed by atoms with Crippen molar-refractivity contribution in [3.8, 4) is 0 Å². The number of piperazine rings is 1. The number of nitro benzene ring substituents is 1. The van der Waals surface area contributed by atoms with Crippen molar-refractivity contribution in [2.45, 2.75) is 13.0 Å². The van der Waals surface area contributed by atoms with Gasteiger partial charge in [-0.3, -0.25) is 20.0 Å². The lowest BCUT2D eigenvalue weighted by Gasteiger charge is -2.36. The number of aromatic nitrogens is 1. The predicted octanol–water partition coefficient (Wildman–Crippen LogP) is 2.09. The van der Waals surface area contributed by atoms with E-state index in [1.54, 1.807) is 4.90 Å². The fourth-order valence-corrected chi connectivity index (χ4v) is 3.19. The third kappa shape index (κ3) is 4.55. The molecule has 2 heterocycles. The van der Waals surface area contributed by atoms with Crippen LogP contribution < -0.4 is 10.6 Å². The highest BCUT2D eigenvalue weighted by Gasteiger charge is 2.25. The molecule has 1 aliphatic rings. The first-order valence-electron chi connectivity index (χ1n) is 8.72. The van der Waals surface area contributed by atoms with Gasteiger partial charge in [-0.2, -0.15) is 0 Å². The molecule has 0 saturated carbocycles. The fraction of sp³-hybridized carbons (Fsp3) is 0.389. The number of anilines is 1. The van der Waals surface area contributed by atoms with Gasteiger partial charge in [0.1, 0.15) is 5.69 Å². The van der Waals surface area contributed by atoms with Crippen LogP contribution >= 0.6 is 0 Å². The second-order valence-electron chi connectivity index (χ2n) is 6.47. The van der Waals surface area contributed by atoms with Crippen LogP contribution in [-0.2, 0) is 13.0 Å². The molecule has 0 atom stereocenters. The van der Waals surface area contributed by atoms with Crippen LogP contribution in [0.3, 0.4) is 0 Å². The number of hydrogen-bond donors (Lipinski definition) is 1. The second-order valence-corrected chi connectivity index (χ2v) is 6.47. The zero-order chi connectivity index (χ0) is 19.4. The Labute approximate surface area is 155 Å². The third-order valence-electron chi connectivity index (χ3n) is 4.59. The maximum Gasteiger partial charge on any atom is 0.275 e. The highest BCUT2D eigenvalue weighted by atomic mass is 19.1. The molecule has 27 heavy (non-hydrogen) atoms. The topological polar surface area (TPSA) is 88.5 Å². The molecule has 0 amide bonds. The van der Waals surface area contributed by atoms with Crippen LogP contribution in [0.25, 0.3) is 0 Å². The highest BCUT2D eigenvalue weighted by Crippen LogP contribution is 2.29. The van der Waals surface area contributed by atoms with Crippen molar-refractivity contribution >= 4 is 11.4 Å². The molecule has 1 saturated heterocycles. The van der Waals surface area contributed by atoms with E-state index in [0.29, 0.717) is 39.3 Å². The van der Waals surface area contributed by atoms with Gasteiger partial charge in [-0.15, -0.1) is 0 Å². The lowest BCUT2D eigenvalue weighted by molar-refractivity contribution is -0.385. The quantitative estimate of drug-likeness (QED) is 0.613. The number of rotatable bonds is 6. The molecule has 7 nitrogen and oxygen atoms in total. The maximum atomic E-state index is 14.2. The highest BCUT2D eigenvalue weighted by molar-refractivity contribution is 5.54. The van der Waals surface area contributed by atoms with Crippen molar-refractivity contribution in [3.63, 3.8) is 0 Å².